The third-order valence-electron chi connectivity index (χ3n) is 6.18. The van der Waals surface area contributed by atoms with Crippen LogP contribution in [0.4, 0.5) is 15.8 Å². The number of hydrogen-bond acceptors (Lipinski definition) is 4. The maximum Gasteiger partial charge on any atom is 0.271 e. The Morgan fingerprint density at radius 3 is 2.48 bits per heavy atom. The maximum absolute atomic E-state index is 13.5. The van der Waals surface area contributed by atoms with Gasteiger partial charge in [-0.1, -0.05) is 23.7 Å². The van der Waals surface area contributed by atoms with Gasteiger partial charge in [0.1, 0.15) is 10.8 Å². The predicted molar refractivity (Wildman–Crippen MR) is 128 cm³/mol. The van der Waals surface area contributed by atoms with Crippen LogP contribution >= 0.6 is 11.6 Å². The van der Waals surface area contributed by atoms with Crippen molar-refractivity contribution >= 4 is 28.9 Å². The number of anilines is 2. The zero-order chi connectivity index (χ0) is 23.7. The molecule has 1 aromatic carbocycles. The number of rotatable bonds is 4. The Hall–Kier alpha value is -3.19. The van der Waals surface area contributed by atoms with E-state index < -0.39 is 0 Å². The molecule has 1 N–H and O–H groups in total. The summed E-state index contributed by atoms with van der Waals surface area (Å²) in [7, 11) is 1.58. The molecule has 2 aromatic heterocycles. The first-order chi connectivity index (χ1) is 15.7. The molecule has 6 nitrogen and oxygen atoms in total. The van der Waals surface area contributed by atoms with Gasteiger partial charge in [-0.3, -0.25) is 14.6 Å². The molecule has 1 aliphatic rings. The fourth-order valence-corrected chi connectivity index (χ4v) is 4.55. The minimum atomic E-state index is -0.386. The number of likely N-dealkylation sites (tertiary alicyclic amines) is 1. The molecule has 33 heavy (non-hydrogen) atoms. The van der Waals surface area contributed by atoms with Crippen molar-refractivity contribution < 1.29 is 9.18 Å². The number of nitrogens with zero attached hydrogens (tertiary/aromatic N) is 3. The zero-order valence-corrected chi connectivity index (χ0v) is 19.6. The van der Waals surface area contributed by atoms with Crippen LogP contribution in [-0.2, 0) is 7.05 Å². The molecule has 0 atom stereocenters. The van der Waals surface area contributed by atoms with Crippen LogP contribution in [0, 0.1) is 19.7 Å². The molecule has 3 aromatic rings. The quantitative estimate of drug-likeness (QED) is 0.588. The SMILES string of the molecule is Cc1cc(C)c(Nc2c(C(=O)N3CCC(c4ccc(F)cc4)CC3)cn(C)c(=O)c2Cl)cn1. The lowest BCUT2D eigenvalue weighted by Gasteiger charge is -2.33. The van der Waals surface area contributed by atoms with Gasteiger partial charge in [0.15, 0.2) is 0 Å². The summed E-state index contributed by atoms with van der Waals surface area (Å²) in [5.74, 6) is -0.167. The minimum absolute atomic E-state index is 0.0375. The maximum atomic E-state index is 13.5. The molecule has 1 amide bonds. The number of carbonyl (C=O) groups is 1. The Morgan fingerprint density at radius 2 is 1.85 bits per heavy atom. The summed E-state index contributed by atoms with van der Waals surface area (Å²) >= 11 is 6.42. The molecule has 0 unspecified atom stereocenters. The van der Waals surface area contributed by atoms with Gasteiger partial charge in [-0.15, -0.1) is 0 Å². The Labute approximate surface area is 197 Å². The second kappa shape index (κ2) is 9.35. The summed E-state index contributed by atoms with van der Waals surface area (Å²) in [6.07, 6.45) is 4.75. The number of piperidine rings is 1. The van der Waals surface area contributed by atoms with E-state index in [0.717, 1.165) is 29.7 Å². The highest BCUT2D eigenvalue weighted by Crippen LogP contribution is 2.32. The Balaban J connectivity index is 1.59. The van der Waals surface area contributed by atoms with E-state index in [0.29, 0.717) is 30.0 Å². The normalized spacial score (nSPS) is 14.4. The van der Waals surface area contributed by atoms with Crippen LogP contribution in [0.2, 0.25) is 5.02 Å². The number of hydrogen-bond donors (Lipinski definition) is 1. The summed E-state index contributed by atoms with van der Waals surface area (Å²) in [6, 6.07) is 8.48. The van der Waals surface area contributed by atoms with Crippen LogP contribution in [0.25, 0.3) is 0 Å². The van der Waals surface area contributed by atoms with Crippen molar-refractivity contribution in [2.24, 2.45) is 7.05 Å². The van der Waals surface area contributed by atoms with Crippen molar-refractivity contribution in [3.8, 4) is 0 Å². The van der Waals surface area contributed by atoms with Crippen LogP contribution in [0.15, 0.2) is 47.5 Å². The summed E-state index contributed by atoms with van der Waals surface area (Å²) < 4.78 is 14.6. The molecule has 0 saturated carbocycles. The van der Waals surface area contributed by atoms with E-state index in [1.165, 1.54) is 22.9 Å². The van der Waals surface area contributed by atoms with Gasteiger partial charge in [-0.2, -0.15) is 0 Å². The van der Waals surface area contributed by atoms with Crippen LogP contribution in [0.1, 0.15) is 45.9 Å². The monoisotopic (exact) mass is 468 g/mol. The van der Waals surface area contributed by atoms with Gasteiger partial charge in [0.2, 0.25) is 0 Å². The highest BCUT2D eigenvalue weighted by atomic mass is 35.5. The first kappa shape index (κ1) is 23.0. The summed E-state index contributed by atoms with van der Waals surface area (Å²) in [4.78, 5) is 32.1. The topological polar surface area (TPSA) is 67.2 Å². The molecule has 0 bridgehead atoms. The van der Waals surface area contributed by atoms with E-state index >= 15 is 0 Å². The molecule has 172 valence electrons. The van der Waals surface area contributed by atoms with Crippen molar-refractivity contribution in [1.82, 2.24) is 14.5 Å². The fraction of sp³-hybridized carbons (Fsp3) is 0.320. The second-order valence-corrected chi connectivity index (χ2v) is 8.91. The highest BCUT2D eigenvalue weighted by Gasteiger charge is 2.28. The van der Waals surface area contributed by atoms with E-state index in [-0.39, 0.29) is 28.2 Å². The summed E-state index contributed by atoms with van der Waals surface area (Å²) in [5.41, 5.74) is 3.80. The molecule has 1 saturated heterocycles. The van der Waals surface area contributed by atoms with Gasteiger partial charge in [0, 0.05) is 32.0 Å². The molecule has 1 fully saturated rings. The molecule has 3 heterocycles. The summed E-state index contributed by atoms with van der Waals surface area (Å²) in [6.45, 7) is 4.94. The minimum Gasteiger partial charge on any atom is -0.352 e. The molecule has 0 radical (unpaired) electrons. The van der Waals surface area contributed by atoms with E-state index in [2.05, 4.69) is 10.3 Å². The van der Waals surface area contributed by atoms with E-state index in [1.807, 2.05) is 32.0 Å². The lowest BCUT2D eigenvalue weighted by Crippen LogP contribution is -2.39. The smallest absolute Gasteiger partial charge is 0.271 e. The van der Waals surface area contributed by atoms with Gasteiger partial charge < -0.3 is 14.8 Å². The zero-order valence-electron chi connectivity index (χ0n) is 18.9. The lowest BCUT2D eigenvalue weighted by molar-refractivity contribution is 0.0713. The number of aryl methyl sites for hydroxylation is 3. The van der Waals surface area contributed by atoms with Gasteiger partial charge in [-0.05, 0) is 61.9 Å². The van der Waals surface area contributed by atoms with Crippen molar-refractivity contribution in [2.45, 2.75) is 32.6 Å². The highest BCUT2D eigenvalue weighted by molar-refractivity contribution is 6.34. The third-order valence-corrected chi connectivity index (χ3v) is 6.53. The second-order valence-electron chi connectivity index (χ2n) is 8.53. The molecule has 4 rings (SSSR count). The molecular weight excluding hydrogens is 443 g/mol. The number of halogens is 2. The van der Waals surface area contributed by atoms with Gasteiger partial charge in [0.05, 0.1) is 23.1 Å². The van der Waals surface area contributed by atoms with Gasteiger partial charge in [0.25, 0.3) is 11.5 Å². The number of benzene rings is 1. The largest absolute Gasteiger partial charge is 0.352 e. The third kappa shape index (κ3) is 4.78. The number of carbonyl (C=O) groups excluding carboxylic acids is 1. The van der Waals surface area contributed by atoms with Crippen LogP contribution in [0.5, 0.6) is 0 Å². The number of amides is 1. The number of nitrogens with one attached hydrogen (secondary N) is 1. The van der Waals surface area contributed by atoms with E-state index in [1.54, 1.807) is 18.1 Å². The van der Waals surface area contributed by atoms with Crippen LogP contribution in [0.3, 0.4) is 0 Å². The van der Waals surface area contributed by atoms with Crippen LogP contribution < -0.4 is 10.9 Å². The molecular formula is C25H26ClFN4O2. The first-order valence-electron chi connectivity index (χ1n) is 10.9. The Kier molecular flexibility index (Phi) is 6.51. The van der Waals surface area contributed by atoms with Crippen molar-refractivity contribution in [1.29, 1.82) is 0 Å². The van der Waals surface area contributed by atoms with E-state index in [4.69, 9.17) is 11.6 Å². The fourth-order valence-electron chi connectivity index (χ4n) is 4.26. The van der Waals surface area contributed by atoms with Crippen LogP contribution in [-0.4, -0.2) is 33.4 Å². The molecule has 0 spiro atoms. The standard InChI is InChI=1S/C25H26ClFN4O2/c1-15-12-16(2)28-13-21(15)29-23-20(14-30(3)25(33)22(23)26)24(32)31-10-8-18(9-11-31)17-4-6-19(27)7-5-17/h4-7,12-14,18,29H,8-11H2,1-3H3. The lowest BCUT2D eigenvalue weighted by atomic mass is 9.89. The molecule has 0 aliphatic carbocycles. The number of aromatic nitrogens is 2. The van der Waals surface area contributed by atoms with Crippen molar-refractivity contribution in [3.63, 3.8) is 0 Å². The van der Waals surface area contributed by atoms with E-state index in [9.17, 15) is 14.0 Å². The van der Waals surface area contributed by atoms with Gasteiger partial charge >= 0.3 is 0 Å². The van der Waals surface area contributed by atoms with Crippen molar-refractivity contribution in [3.05, 3.63) is 86.3 Å². The summed E-state index contributed by atoms with van der Waals surface area (Å²) in [5, 5.41) is 3.14. The first-order valence-corrected chi connectivity index (χ1v) is 11.3. The predicted octanol–water partition coefficient (Wildman–Crippen LogP) is 4.95. The molecule has 8 heteroatoms. The number of pyridine rings is 2. The average molecular weight is 469 g/mol. The Bertz CT molecular complexity index is 1250. The van der Waals surface area contributed by atoms with Crippen molar-refractivity contribution in [2.75, 3.05) is 18.4 Å². The molecule has 1 aliphatic heterocycles. The average Bonchev–Trinajstić information content (AvgIpc) is 2.81. The van der Waals surface area contributed by atoms with Gasteiger partial charge in [-0.25, -0.2) is 4.39 Å². The Morgan fingerprint density at radius 1 is 1.18 bits per heavy atom.